The second-order valence-electron chi connectivity index (χ2n) is 10.1. The van der Waals surface area contributed by atoms with E-state index in [4.69, 9.17) is 9.26 Å². The fourth-order valence-corrected chi connectivity index (χ4v) is 4.38. The van der Waals surface area contributed by atoms with Crippen LogP contribution in [0.2, 0.25) is 0 Å². The Morgan fingerprint density at radius 2 is 1.85 bits per heavy atom. The van der Waals surface area contributed by atoms with Gasteiger partial charge in [0.25, 0.3) is 5.89 Å². The number of rotatable bonds is 3. The number of hydrogen-bond donors (Lipinski definition) is 0. The summed E-state index contributed by atoms with van der Waals surface area (Å²) >= 11 is 0. The Hall–Kier alpha value is -3.61. The van der Waals surface area contributed by atoms with E-state index in [2.05, 4.69) is 59.0 Å². The van der Waals surface area contributed by atoms with Crippen LogP contribution in [0.3, 0.4) is 0 Å². The van der Waals surface area contributed by atoms with Gasteiger partial charge in [-0.2, -0.15) is 4.98 Å². The number of nitrogens with zero attached hydrogens (tertiary/aromatic N) is 4. The lowest BCUT2D eigenvalue weighted by Crippen LogP contribution is -2.39. The van der Waals surface area contributed by atoms with Crippen LogP contribution >= 0.6 is 0 Å². The molecule has 34 heavy (non-hydrogen) atoms. The van der Waals surface area contributed by atoms with Gasteiger partial charge in [0, 0.05) is 47.4 Å². The van der Waals surface area contributed by atoms with Crippen LogP contribution in [0.4, 0.5) is 4.79 Å². The molecule has 0 bridgehead atoms. The predicted molar refractivity (Wildman–Crippen MR) is 131 cm³/mol. The maximum Gasteiger partial charge on any atom is 0.410 e. The van der Waals surface area contributed by atoms with E-state index in [0.29, 0.717) is 30.8 Å². The second kappa shape index (κ2) is 8.31. The van der Waals surface area contributed by atoms with Gasteiger partial charge in [-0.1, -0.05) is 17.3 Å². The summed E-state index contributed by atoms with van der Waals surface area (Å²) in [5, 5.41) is 5.37. The molecule has 2 aromatic carbocycles. The third kappa shape index (κ3) is 4.30. The van der Waals surface area contributed by atoms with Crippen molar-refractivity contribution in [3.8, 4) is 22.8 Å². The zero-order valence-electron chi connectivity index (χ0n) is 20.3. The fourth-order valence-electron chi connectivity index (χ4n) is 4.38. The summed E-state index contributed by atoms with van der Waals surface area (Å²) in [7, 11) is 0. The molecule has 0 N–H and O–H groups in total. The molecule has 7 heteroatoms. The van der Waals surface area contributed by atoms with Crippen LogP contribution in [0.15, 0.2) is 53.2 Å². The molecule has 0 unspecified atom stereocenters. The molecule has 0 aliphatic carbocycles. The minimum atomic E-state index is -0.513. The molecule has 0 saturated carbocycles. The number of carbonyl (C=O) groups excluding carboxylic acids is 1. The summed E-state index contributed by atoms with van der Waals surface area (Å²) in [6.45, 7) is 11.1. The van der Waals surface area contributed by atoms with Gasteiger partial charge in [0.15, 0.2) is 0 Å². The normalized spacial score (nSPS) is 14.0. The van der Waals surface area contributed by atoms with Crippen LogP contribution in [-0.4, -0.2) is 37.8 Å². The number of ether oxygens (including phenoxy) is 1. The first kappa shape index (κ1) is 22.2. The van der Waals surface area contributed by atoms with Crippen LogP contribution in [0, 0.1) is 0 Å². The minimum Gasteiger partial charge on any atom is -0.444 e. The maximum atomic E-state index is 12.5. The zero-order chi connectivity index (χ0) is 24.0. The van der Waals surface area contributed by atoms with Crippen molar-refractivity contribution in [2.75, 3.05) is 6.54 Å². The van der Waals surface area contributed by atoms with E-state index in [-0.39, 0.29) is 6.09 Å². The smallest absolute Gasteiger partial charge is 0.410 e. The Morgan fingerprint density at radius 3 is 2.62 bits per heavy atom. The summed E-state index contributed by atoms with van der Waals surface area (Å²) in [6.07, 6.45) is 2.61. The summed E-state index contributed by atoms with van der Waals surface area (Å²) in [6, 6.07) is 14.9. The average Bonchev–Trinajstić information content (AvgIpc) is 3.44. The summed E-state index contributed by atoms with van der Waals surface area (Å²) in [5.41, 5.74) is 4.74. The lowest BCUT2D eigenvalue weighted by Gasteiger charge is -2.31. The molecule has 7 nitrogen and oxygen atoms in total. The molecule has 4 aromatic rings. The lowest BCUT2D eigenvalue weighted by atomic mass is 9.97. The molecule has 176 valence electrons. The van der Waals surface area contributed by atoms with Crippen LogP contribution in [0.25, 0.3) is 33.7 Å². The van der Waals surface area contributed by atoms with Gasteiger partial charge in [-0.15, -0.1) is 0 Å². The Morgan fingerprint density at radius 1 is 1.06 bits per heavy atom. The highest BCUT2D eigenvalue weighted by atomic mass is 16.6. The van der Waals surface area contributed by atoms with Crippen molar-refractivity contribution in [1.29, 1.82) is 0 Å². The molecular weight excluding hydrogens is 428 g/mol. The van der Waals surface area contributed by atoms with E-state index in [1.54, 1.807) is 4.90 Å². The van der Waals surface area contributed by atoms with Crippen LogP contribution < -0.4 is 0 Å². The molecule has 1 aliphatic heterocycles. The number of carbonyl (C=O) groups is 1. The highest BCUT2D eigenvalue weighted by Crippen LogP contribution is 2.29. The third-order valence-corrected chi connectivity index (χ3v) is 6.08. The van der Waals surface area contributed by atoms with Gasteiger partial charge in [-0.05, 0) is 82.5 Å². The van der Waals surface area contributed by atoms with Gasteiger partial charge in [-0.3, -0.25) is 0 Å². The molecule has 0 atom stereocenters. The van der Waals surface area contributed by atoms with E-state index in [1.165, 1.54) is 11.1 Å². The topological polar surface area (TPSA) is 73.4 Å². The highest BCUT2D eigenvalue weighted by molar-refractivity contribution is 5.84. The Kier molecular flexibility index (Phi) is 5.42. The average molecular weight is 459 g/mol. The maximum absolute atomic E-state index is 12.5. The van der Waals surface area contributed by atoms with Crippen molar-refractivity contribution < 1.29 is 14.1 Å². The highest BCUT2D eigenvalue weighted by Gasteiger charge is 2.26. The number of benzene rings is 2. The Balaban J connectivity index is 1.38. The van der Waals surface area contributed by atoms with Crippen molar-refractivity contribution in [2.24, 2.45) is 0 Å². The van der Waals surface area contributed by atoms with E-state index >= 15 is 0 Å². The van der Waals surface area contributed by atoms with Crippen LogP contribution in [0.1, 0.15) is 51.8 Å². The van der Waals surface area contributed by atoms with Crippen molar-refractivity contribution in [1.82, 2.24) is 19.6 Å². The first-order valence-electron chi connectivity index (χ1n) is 11.7. The van der Waals surface area contributed by atoms with Crippen LogP contribution in [-0.2, 0) is 17.7 Å². The number of aromatic nitrogens is 3. The Bertz CT molecular complexity index is 1360. The van der Waals surface area contributed by atoms with Gasteiger partial charge in [0.2, 0.25) is 5.82 Å². The quantitative estimate of drug-likeness (QED) is 0.364. The SMILES string of the molecule is CC(C)n1ccc2cc(-c3nc(-c4ccc5c(c4)CN(C(=O)OC(C)(C)C)CC5)no3)ccc21. The second-order valence-corrected chi connectivity index (χ2v) is 10.1. The van der Waals surface area contributed by atoms with Crippen LogP contribution in [0.5, 0.6) is 0 Å². The monoisotopic (exact) mass is 458 g/mol. The molecule has 0 saturated heterocycles. The van der Waals surface area contributed by atoms with Gasteiger partial charge in [-0.25, -0.2) is 4.79 Å². The van der Waals surface area contributed by atoms with Crippen molar-refractivity contribution in [3.63, 3.8) is 0 Å². The molecule has 1 aliphatic rings. The molecule has 3 heterocycles. The van der Waals surface area contributed by atoms with E-state index in [1.807, 2.05) is 39.0 Å². The number of amides is 1. The molecule has 1 amide bonds. The first-order chi connectivity index (χ1) is 16.2. The fraction of sp³-hybridized carbons (Fsp3) is 0.370. The van der Waals surface area contributed by atoms with E-state index < -0.39 is 5.60 Å². The number of fused-ring (bicyclic) bond motifs is 2. The summed E-state index contributed by atoms with van der Waals surface area (Å²) in [5.74, 6) is 1.02. The standard InChI is InChI=1S/C27H30N4O3/c1-17(2)31-13-11-19-14-21(8-9-23(19)31)25-28-24(29-34-25)20-7-6-18-10-12-30(16-22(18)15-20)26(32)33-27(3,4)5/h6-9,11,13-15,17H,10,12,16H2,1-5H3. The van der Waals surface area contributed by atoms with Crippen molar-refractivity contribution in [3.05, 3.63) is 59.8 Å². The van der Waals surface area contributed by atoms with E-state index in [9.17, 15) is 4.79 Å². The van der Waals surface area contributed by atoms with Gasteiger partial charge in [0.1, 0.15) is 5.60 Å². The third-order valence-electron chi connectivity index (χ3n) is 6.08. The van der Waals surface area contributed by atoms with Crippen molar-refractivity contribution in [2.45, 2.75) is 59.2 Å². The van der Waals surface area contributed by atoms with Crippen molar-refractivity contribution >= 4 is 17.0 Å². The molecule has 5 rings (SSSR count). The largest absolute Gasteiger partial charge is 0.444 e. The Labute approximate surface area is 199 Å². The predicted octanol–water partition coefficient (Wildman–Crippen LogP) is 6.23. The molecule has 0 fully saturated rings. The first-order valence-corrected chi connectivity index (χ1v) is 11.7. The molecule has 0 radical (unpaired) electrons. The summed E-state index contributed by atoms with van der Waals surface area (Å²) < 4.78 is 13.4. The number of hydrogen-bond acceptors (Lipinski definition) is 5. The lowest BCUT2D eigenvalue weighted by molar-refractivity contribution is 0.0224. The molecular formula is C27H30N4O3. The molecule has 2 aromatic heterocycles. The zero-order valence-corrected chi connectivity index (χ0v) is 20.3. The van der Waals surface area contributed by atoms with Gasteiger partial charge in [0.05, 0.1) is 0 Å². The minimum absolute atomic E-state index is 0.285. The van der Waals surface area contributed by atoms with E-state index in [0.717, 1.165) is 28.5 Å². The van der Waals surface area contributed by atoms with Gasteiger partial charge < -0.3 is 18.7 Å². The van der Waals surface area contributed by atoms with Gasteiger partial charge >= 0.3 is 6.09 Å². The molecule has 0 spiro atoms. The summed E-state index contributed by atoms with van der Waals surface area (Å²) in [4.78, 5) is 18.9.